The molecule has 1 aliphatic rings. The van der Waals surface area contributed by atoms with Gasteiger partial charge in [-0.1, -0.05) is 6.07 Å². The number of carbonyl (C=O) groups is 1. The van der Waals surface area contributed by atoms with E-state index in [0.29, 0.717) is 12.8 Å². The van der Waals surface area contributed by atoms with E-state index in [0.717, 1.165) is 18.2 Å². The van der Waals surface area contributed by atoms with Crippen molar-refractivity contribution in [3.8, 4) is 0 Å². The first-order valence-electron chi connectivity index (χ1n) is 6.92. The van der Waals surface area contributed by atoms with Gasteiger partial charge < -0.3 is 9.88 Å². The monoisotopic (exact) mass is 304 g/mol. The third kappa shape index (κ3) is 2.77. The Kier molecular flexibility index (Phi) is 3.52. The number of halogens is 2. The number of amides is 1. The van der Waals surface area contributed by atoms with Gasteiger partial charge in [0.05, 0.1) is 5.54 Å². The molecule has 1 heterocycles. The number of nitrogens with one attached hydrogen (secondary N) is 1. The van der Waals surface area contributed by atoms with Crippen molar-refractivity contribution in [2.45, 2.75) is 24.9 Å². The molecule has 6 heteroatoms. The summed E-state index contributed by atoms with van der Waals surface area (Å²) in [7, 11) is 0. The molecular weight excluding hydrogens is 290 g/mol. The molecule has 1 saturated carbocycles. The summed E-state index contributed by atoms with van der Waals surface area (Å²) in [6.07, 6.45) is 2.59. The van der Waals surface area contributed by atoms with Gasteiger partial charge in [-0.05, 0) is 37.1 Å². The van der Waals surface area contributed by atoms with E-state index in [1.807, 2.05) is 0 Å². The third-order valence-corrected chi connectivity index (χ3v) is 3.79. The summed E-state index contributed by atoms with van der Waals surface area (Å²) in [5.41, 5.74) is -0.998. The zero-order chi connectivity index (χ0) is 15.7. The maximum Gasteiger partial charge on any atom is 0.250 e. The Morgan fingerprint density at radius 3 is 2.68 bits per heavy atom. The lowest BCUT2D eigenvalue weighted by atomic mass is 10.0. The maximum absolute atomic E-state index is 13.9. The first-order chi connectivity index (χ1) is 10.5. The molecule has 0 unspecified atom stereocenters. The Hall–Kier alpha value is -2.50. The van der Waals surface area contributed by atoms with Gasteiger partial charge in [0.1, 0.15) is 18.2 Å². The predicted octanol–water partition coefficient (Wildman–Crippen LogP) is 1.93. The summed E-state index contributed by atoms with van der Waals surface area (Å²) in [6, 6.07) is 7.79. The first kappa shape index (κ1) is 14.4. The van der Waals surface area contributed by atoms with Crippen LogP contribution in [0.4, 0.5) is 8.78 Å². The standard InChI is InChI=1S/C16H14F2N2O2/c17-11-4-5-13(18)12(9-11)16(6-7-16)19-14(21)10-20-8-2-1-3-15(20)22/h1-5,8-9H,6-7,10H2,(H,19,21). The second kappa shape index (κ2) is 5.36. The summed E-state index contributed by atoms with van der Waals surface area (Å²) in [6.45, 7) is -0.154. The highest BCUT2D eigenvalue weighted by Crippen LogP contribution is 2.46. The highest BCUT2D eigenvalue weighted by molar-refractivity contribution is 5.77. The summed E-state index contributed by atoms with van der Waals surface area (Å²) in [4.78, 5) is 23.7. The van der Waals surface area contributed by atoms with Crippen molar-refractivity contribution < 1.29 is 13.6 Å². The van der Waals surface area contributed by atoms with E-state index in [-0.39, 0.29) is 17.7 Å². The third-order valence-electron chi connectivity index (χ3n) is 3.79. The van der Waals surface area contributed by atoms with Crippen LogP contribution >= 0.6 is 0 Å². The molecule has 0 spiro atoms. The molecular formula is C16H14F2N2O2. The van der Waals surface area contributed by atoms with Gasteiger partial charge in [0.15, 0.2) is 0 Å². The molecule has 1 fully saturated rings. The van der Waals surface area contributed by atoms with E-state index in [9.17, 15) is 18.4 Å². The molecule has 1 N–H and O–H groups in total. The minimum absolute atomic E-state index is 0.154. The van der Waals surface area contributed by atoms with Gasteiger partial charge in [-0.25, -0.2) is 8.78 Å². The number of pyridine rings is 1. The molecule has 0 radical (unpaired) electrons. The lowest BCUT2D eigenvalue weighted by Gasteiger charge is -2.19. The summed E-state index contributed by atoms with van der Waals surface area (Å²) >= 11 is 0. The van der Waals surface area contributed by atoms with Crippen LogP contribution in [0.15, 0.2) is 47.4 Å². The van der Waals surface area contributed by atoms with Crippen LogP contribution in [0.1, 0.15) is 18.4 Å². The average Bonchev–Trinajstić information content (AvgIpc) is 3.24. The molecule has 1 amide bonds. The lowest BCUT2D eigenvalue weighted by Crippen LogP contribution is -2.39. The van der Waals surface area contributed by atoms with Crippen LogP contribution in [0.5, 0.6) is 0 Å². The minimum Gasteiger partial charge on any atom is -0.345 e. The molecule has 0 saturated heterocycles. The molecule has 22 heavy (non-hydrogen) atoms. The zero-order valence-corrected chi connectivity index (χ0v) is 11.7. The normalized spacial score (nSPS) is 15.4. The molecule has 4 nitrogen and oxygen atoms in total. The fourth-order valence-electron chi connectivity index (χ4n) is 2.50. The highest BCUT2D eigenvalue weighted by Gasteiger charge is 2.47. The molecule has 0 bridgehead atoms. The SMILES string of the molecule is O=C(Cn1ccccc1=O)NC1(c2cc(F)ccc2F)CC1. The van der Waals surface area contributed by atoms with Crippen LogP contribution in [0.2, 0.25) is 0 Å². The van der Waals surface area contributed by atoms with Crippen molar-refractivity contribution in [3.05, 3.63) is 70.1 Å². The van der Waals surface area contributed by atoms with E-state index in [4.69, 9.17) is 0 Å². The Morgan fingerprint density at radius 1 is 1.23 bits per heavy atom. The van der Waals surface area contributed by atoms with E-state index in [2.05, 4.69) is 5.32 Å². The molecule has 114 valence electrons. The van der Waals surface area contributed by atoms with E-state index in [1.54, 1.807) is 12.1 Å². The number of carbonyl (C=O) groups excluding carboxylic acids is 1. The Morgan fingerprint density at radius 2 is 2.00 bits per heavy atom. The van der Waals surface area contributed by atoms with Gasteiger partial charge in [0.2, 0.25) is 5.91 Å². The lowest BCUT2D eigenvalue weighted by molar-refractivity contribution is -0.122. The van der Waals surface area contributed by atoms with Gasteiger partial charge in [-0.15, -0.1) is 0 Å². The Labute approximate surface area is 125 Å². The van der Waals surface area contributed by atoms with Gasteiger partial charge >= 0.3 is 0 Å². The second-order valence-electron chi connectivity index (χ2n) is 5.42. The summed E-state index contributed by atoms with van der Waals surface area (Å²) < 4.78 is 28.4. The first-order valence-corrected chi connectivity index (χ1v) is 6.92. The summed E-state index contributed by atoms with van der Waals surface area (Å²) in [5, 5.41) is 2.72. The second-order valence-corrected chi connectivity index (χ2v) is 5.42. The van der Waals surface area contributed by atoms with Crippen LogP contribution in [-0.4, -0.2) is 10.5 Å². The Bertz CT molecular complexity index is 782. The number of hydrogen-bond donors (Lipinski definition) is 1. The van der Waals surface area contributed by atoms with Crippen LogP contribution in [-0.2, 0) is 16.9 Å². The molecule has 0 atom stereocenters. The molecule has 2 aromatic rings. The van der Waals surface area contributed by atoms with E-state index < -0.39 is 23.1 Å². The van der Waals surface area contributed by atoms with Crippen molar-refractivity contribution in [3.63, 3.8) is 0 Å². The number of nitrogens with zero attached hydrogens (tertiary/aromatic N) is 1. The fourth-order valence-corrected chi connectivity index (χ4v) is 2.50. The van der Waals surface area contributed by atoms with E-state index >= 15 is 0 Å². The number of hydrogen-bond acceptors (Lipinski definition) is 2. The van der Waals surface area contributed by atoms with Gasteiger partial charge in [-0.2, -0.15) is 0 Å². The molecule has 1 aliphatic carbocycles. The van der Waals surface area contributed by atoms with Crippen molar-refractivity contribution in [2.75, 3.05) is 0 Å². The topological polar surface area (TPSA) is 51.1 Å². The van der Waals surface area contributed by atoms with Crippen molar-refractivity contribution in [1.82, 2.24) is 9.88 Å². The average molecular weight is 304 g/mol. The number of aromatic nitrogens is 1. The van der Waals surface area contributed by atoms with Crippen molar-refractivity contribution in [2.24, 2.45) is 0 Å². The Balaban J connectivity index is 1.78. The molecule has 0 aliphatic heterocycles. The van der Waals surface area contributed by atoms with Crippen LogP contribution in [0, 0.1) is 11.6 Å². The number of rotatable bonds is 4. The fraction of sp³-hybridized carbons (Fsp3) is 0.250. The van der Waals surface area contributed by atoms with Crippen LogP contribution < -0.4 is 10.9 Å². The molecule has 3 rings (SSSR count). The van der Waals surface area contributed by atoms with Gasteiger partial charge in [0.25, 0.3) is 5.56 Å². The summed E-state index contributed by atoms with van der Waals surface area (Å²) in [5.74, 6) is -1.50. The maximum atomic E-state index is 13.9. The quantitative estimate of drug-likeness (QED) is 0.938. The van der Waals surface area contributed by atoms with Crippen molar-refractivity contribution in [1.29, 1.82) is 0 Å². The van der Waals surface area contributed by atoms with Gasteiger partial charge in [-0.3, -0.25) is 9.59 Å². The highest BCUT2D eigenvalue weighted by atomic mass is 19.1. The van der Waals surface area contributed by atoms with Crippen LogP contribution in [0.25, 0.3) is 0 Å². The zero-order valence-electron chi connectivity index (χ0n) is 11.7. The van der Waals surface area contributed by atoms with Gasteiger partial charge in [0, 0.05) is 17.8 Å². The predicted molar refractivity (Wildman–Crippen MR) is 76.1 cm³/mol. The molecule has 1 aromatic carbocycles. The van der Waals surface area contributed by atoms with Crippen molar-refractivity contribution >= 4 is 5.91 Å². The van der Waals surface area contributed by atoms with E-state index in [1.165, 1.54) is 16.8 Å². The minimum atomic E-state index is -0.859. The smallest absolute Gasteiger partial charge is 0.250 e. The van der Waals surface area contributed by atoms with Crippen LogP contribution in [0.3, 0.4) is 0 Å². The molecule has 1 aromatic heterocycles. The number of benzene rings is 1. The largest absolute Gasteiger partial charge is 0.345 e.